The summed E-state index contributed by atoms with van der Waals surface area (Å²) in [5, 5.41) is 10.7. The molecule has 4 heteroatoms. The SMILES string of the molecule is O=C(O)[C@H](CCc1ccc(Cl)cc1)c1ccc(Cl)cc1. The van der Waals surface area contributed by atoms with Crippen LogP contribution in [0.4, 0.5) is 0 Å². The Labute approximate surface area is 128 Å². The Morgan fingerprint density at radius 3 is 1.95 bits per heavy atom. The monoisotopic (exact) mass is 308 g/mol. The highest BCUT2D eigenvalue weighted by Crippen LogP contribution is 2.24. The van der Waals surface area contributed by atoms with Crippen LogP contribution >= 0.6 is 23.2 Å². The van der Waals surface area contributed by atoms with E-state index in [1.54, 1.807) is 24.3 Å². The van der Waals surface area contributed by atoms with Crippen molar-refractivity contribution in [3.8, 4) is 0 Å². The van der Waals surface area contributed by atoms with Gasteiger partial charge in [-0.25, -0.2) is 0 Å². The van der Waals surface area contributed by atoms with E-state index in [4.69, 9.17) is 23.2 Å². The molecular weight excluding hydrogens is 295 g/mol. The summed E-state index contributed by atoms with van der Waals surface area (Å²) < 4.78 is 0. The van der Waals surface area contributed by atoms with Gasteiger partial charge >= 0.3 is 5.97 Å². The normalized spacial score (nSPS) is 12.1. The van der Waals surface area contributed by atoms with Crippen LogP contribution in [0.1, 0.15) is 23.5 Å². The number of aliphatic carboxylic acids is 1. The Hall–Kier alpha value is -1.51. The number of carbonyl (C=O) groups is 1. The summed E-state index contributed by atoms with van der Waals surface area (Å²) in [7, 11) is 0. The van der Waals surface area contributed by atoms with Crippen LogP contribution in [0.15, 0.2) is 48.5 Å². The molecule has 0 spiro atoms. The second kappa shape index (κ2) is 6.78. The van der Waals surface area contributed by atoms with Crippen LogP contribution in [-0.2, 0) is 11.2 Å². The molecule has 2 nitrogen and oxygen atoms in total. The number of hydrogen-bond acceptors (Lipinski definition) is 1. The minimum atomic E-state index is -0.818. The van der Waals surface area contributed by atoms with E-state index in [0.29, 0.717) is 22.9 Å². The standard InChI is InChI=1S/C16H14Cl2O2/c17-13-6-1-11(2-7-13)3-10-15(16(19)20)12-4-8-14(18)9-5-12/h1-2,4-9,15H,3,10H2,(H,19,20)/t15-/m1/s1. The lowest BCUT2D eigenvalue weighted by atomic mass is 9.92. The minimum absolute atomic E-state index is 0.525. The molecule has 0 aliphatic carbocycles. The maximum Gasteiger partial charge on any atom is 0.310 e. The first-order valence-corrected chi connectivity index (χ1v) is 7.04. The highest BCUT2D eigenvalue weighted by Gasteiger charge is 2.19. The Morgan fingerprint density at radius 1 is 0.950 bits per heavy atom. The van der Waals surface area contributed by atoms with E-state index in [9.17, 15) is 9.90 Å². The average molecular weight is 309 g/mol. The van der Waals surface area contributed by atoms with Gasteiger partial charge in [-0.05, 0) is 48.2 Å². The Bertz CT molecular complexity index is 576. The van der Waals surface area contributed by atoms with Crippen LogP contribution in [-0.4, -0.2) is 11.1 Å². The van der Waals surface area contributed by atoms with Crippen molar-refractivity contribution in [2.75, 3.05) is 0 Å². The lowest BCUT2D eigenvalue weighted by Gasteiger charge is -2.13. The number of aryl methyl sites for hydroxylation is 1. The molecule has 0 fully saturated rings. The van der Waals surface area contributed by atoms with Gasteiger partial charge in [0.05, 0.1) is 5.92 Å². The van der Waals surface area contributed by atoms with Gasteiger partial charge in [0, 0.05) is 10.0 Å². The van der Waals surface area contributed by atoms with Gasteiger partial charge < -0.3 is 5.11 Å². The fourth-order valence-electron chi connectivity index (χ4n) is 2.09. The molecule has 0 saturated heterocycles. The second-order valence-electron chi connectivity index (χ2n) is 4.61. The van der Waals surface area contributed by atoms with Gasteiger partial charge in [0.1, 0.15) is 0 Å². The molecule has 1 atom stereocenters. The molecule has 0 unspecified atom stereocenters. The minimum Gasteiger partial charge on any atom is -0.481 e. The van der Waals surface area contributed by atoms with Crippen LogP contribution in [0, 0.1) is 0 Å². The summed E-state index contributed by atoms with van der Waals surface area (Å²) in [5.74, 6) is -1.34. The number of carboxylic acids is 1. The Balaban J connectivity index is 2.08. The van der Waals surface area contributed by atoms with Gasteiger partial charge in [0.25, 0.3) is 0 Å². The molecule has 2 aromatic rings. The lowest BCUT2D eigenvalue weighted by molar-refractivity contribution is -0.138. The number of hydrogen-bond donors (Lipinski definition) is 1. The number of halogens is 2. The van der Waals surface area contributed by atoms with Crippen molar-refractivity contribution in [3.05, 3.63) is 69.7 Å². The average Bonchev–Trinajstić information content (AvgIpc) is 2.43. The largest absolute Gasteiger partial charge is 0.481 e. The van der Waals surface area contributed by atoms with E-state index in [2.05, 4.69) is 0 Å². The molecule has 104 valence electrons. The van der Waals surface area contributed by atoms with E-state index in [0.717, 1.165) is 11.1 Å². The zero-order valence-corrected chi connectivity index (χ0v) is 12.2. The third-order valence-electron chi connectivity index (χ3n) is 3.21. The van der Waals surface area contributed by atoms with E-state index in [1.165, 1.54) is 0 Å². The highest BCUT2D eigenvalue weighted by molar-refractivity contribution is 6.30. The summed E-state index contributed by atoms with van der Waals surface area (Å²) >= 11 is 11.7. The van der Waals surface area contributed by atoms with E-state index in [1.807, 2.05) is 24.3 Å². The number of rotatable bonds is 5. The first-order valence-electron chi connectivity index (χ1n) is 6.29. The topological polar surface area (TPSA) is 37.3 Å². The first-order chi connectivity index (χ1) is 9.56. The molecule has 1 N–H and O–H groups in total. The van der Waals surface area contributed by atoms with Crippen LogP contribution in [0.3, 0.4) is 0 Å². The fraction of sp³-hybridized carbons (Fsp3) is 0.188. The van der Waals surface area contributed by atoms with Crippen molar-refractivity contribution in [2.45, 2.75) is 18.8 Å². The summed E-state index contributed by atoms with van der Waals surface area (Å²) in [6, 6.07) is 14.4. The predicted molar refractivity (Wildman–Crippen MR) is 81.6 cm³/mol. The molecule has 0 aliphatic heterocycles. The van der Waals surface area contributed by atoms with Crippen molar-refractivity contribution in [2.24, 2.45) is 0 Å². The fourth-order valence-corrected chi connectivity index (χ4v) is 2.34. The van der Waals surface area contributed by atoms with Crippen molar-refractivity contribution < 1.29 is 9.90 Å². The van der Waals surface area contributed by atoms with Crippen LogP contribution in [0.2, 0.25) is 10.0 Å². The zero-order valence-electron chi connectivity index (χ0n) is 10.7. The Morgan fingerprint density at radius 2 is 1.45 bits per heavy atom. The smallest absolute Gasteiger partial charge is 0.310 e. The van der Waals surface area contributed by atoms with Gasteiger partial charge in [0.15, 0.2) is 0 Å². The summed E-state index contributed by atoms with van der Waals surface area (Å²) in [6.07, 6.45) is 1.23. The third-order valence-corrected chi connectivity index (χ3v) is 3.71. The summed E-state index contributed by atoms with van der Waals surface area (Å²) in [4.78, 5) is 11.4. The van der Waals surface area contributed by atoms with Gasteiger partial charge in [-0.1, -0.05) is 47.5 Å². The molecule has 2 aromatic carbocycles. The van der Waals surface area contributed by atoms with Gasteiger partial charge in [-0.3, -0.25) is 4.79 Å². The summed E-state index contributed by atoms with van der Waals surface area (Å²) in [5.41, 5.74) is 1.85. The Kier molecular flexibility index (Phi) is 5.05. The highest BCUT2D eigenvalue weighted by atomic mass is 35.5. The van der Waals surface area contributed by atoms with Crippen molar-refractivity contribution in [1.29, 1.82) is 0 Å². The van der Waals surface area contributed by atoms with Gasteiger partial charge in [-0.2, -0.15) is 0 Å². The van der Waals surface area contributed by atoms with Gasteiger partial charge in [0.2, 0.25) is 0 Å². The maximum absolute atomic E-state index is 11.4. The molecule has 0 heterocycles. The zero-order chi connectivity index (χ0) is 14.5. The molecule has 0 bridgehead atoms. The van der Waals surface area contributed by atoms with E-state index >= 15 is 0 Å². The first kappa shape index (κ1) is 14.9. The second-order valence-corrected chi connectivity index (χ2v) is 5.48. The van der Waals surface area contributed by atoms with Crippen LogP contribution in [0.25, 0.3) is 0 Å². The maximum atomic E-state index is 11.4. The molecule has 0 saturated carbocycles. The van der Waals surface area contributed by atoms with Crippen LogP contribution in [0.5, 0.6) is 0 Å². The number of carboxylic acid groups (broad SMARTS) is 1. The van der Waals surface area contributed by atoms with Crippen molar-refractivity contribution in [1.82, 2.24) is 0 Å². The van der Waals surface area contributed by atoms with Crippen molar-refractivity contribution in [3.63, 3.8) is 0 Å². The molecule has 0 aliphatic rings. The quantitative estimate of drug-likeness (QED) is 0.862. The predicted octanol–water partition coefficient (Wildman–Crippen LogP) is 4.79. The van der Waals surface area contributed by atoms with Gasteiger partial charge in [-0.15, -0.1) is 0 Å². The van der Waals surface area contributed by atoms with Crippen molar-refractivity contribution >= 4 is 29.2 Å². The number of benzene rings is 2. The third kappa shape index (κ3) is 3.99. The summed E-state index contributed by atoms with van der Waals surface area (Å²) in [6.45, 7) is 0. The van der Waals surface area contributed by atoms with E-state index in [-0.39, 0.29) is 0 Å². The van der Waals surface area contributed by atoms with E-state index < -0.39 is 11.9 Å². The molecular formula is C16H14Cl2O2. The molecule has 0 radical (unpaired) electrons. The molecule has 2 rings (SSSR count). The molecule has 0 aromatic heterocycles. The molecule has 20 heavy (non-hydrogen) atoms. The lowest BCUT2D eigenvalue weighted by Crippen LogP contribution is -2.12. The molecule has 0 amide bonds. The van der Waals surface area contributed by atoms with Crippen LogP contribution < -0.4 is 0 Å².